The SMILES string of the molecule is N#Cc1ccc(NC(=O)[C@H]2C3C=CC34CC4[C@H]2C(=O)O)cc1. The van der Waals surface area contributed by atoms with Crippen LogP contribution in [-0.2, 0) is 9.59 Å². The van der Waals surface area contributed by atoms with E-state index in [1.165, 1.54) is 0 Å². The van der Waals surface area contributed by atoms with Gasteiger partial charge in [0.1, 0.15) is 0 Å². The lowest BCUT2D eigenvalue weighted by molar-refractivity contribution is -0.146. The van der Waals surface area contributed by atoms with Crippen molar-refractivity contribution in [3.05, 3.63) is 42.0 Å². The molecule has 0 aliphatic heterocycles. The minimum Gasteiger partial charge on any atom is -0.481 e. The molecular formula is C17H14N2O3. The van der Waals surface area contributed by atoms with Crippen molar-refractivity contribution in [2.24, 2.45) is 29.1 Å². The molecule has 1 spiro atoms. The van der Waals surface area contributed by atoms with Crippen LogP contribution in [0, 0.1) is 40.4 Å². The second-order valence-corrected chi connectivity index (χ2v) is 6.38. The van der Waals surface area contributed by atoms with Crippen LogP contribution in [-0.4, -0.2) is 17.0 Å². The number of carbonyl (C=O) groups excluding carboxylic acids is 1. The number of carboxylic acid groups (broad SMARTS) is 1. The molecule has 0 radical (unpaired) electrons. The third-order valence-electron chi connectivity index (χ3n) is 5.41. The monoisotopic (exact) mass is 294 g/mol. The fourth-order valence-electron chi connectivity index (χ4n) is 4.25. The standard InChI is InChI=1S/C17H14N2O3/c18-8-9-1-3-10(4-2-9)19-15(20)13-11-5-6-17(11)7-12(17)14(13)16(21)22/h1-6,11-14H,7H2,(H,19,20)(H,21,22)/t11?,12?,13-,14+,17?/m0/s1. The molecule has 1 aromatic carbocycles. The van der Waals surface area contributed by atoms with Crippen LogP contribution in [0.4, 0.5) is 5.69 Å². The number of nitriles is 1. The van der Waals surface area contributed by atoms with Crippen molar-refractivity contribution in [3.63, 3.8) is 0 Å². The molecule has 22 heavy (non-hydrogen) atoms. The van der Waals surface area contributed by atoms with E-state index in [1.54, 1.807) is 24.3 Å². The van der Waals surface area contributed by atoms with E-state index >= 15 is 0 Å². The molecular weight excluding hydrogens is 280 g/mol. The van der Waals surface area contributed by atoms with Gasteiger partial charge in [0.05, 0.1) is 23.5 Å². The maximum Gasteiger partial charge on any atom is 0.307 e. The lowest BCUT2D eigenvalue weighted by atomic mass is 9.73. The fraction of sp³-hybridized carbons (Fsp3) is 0.353. The smallest absolute Gasteiger partial charge is 0.307 e. The van der Waals surface area contributed by atoms with Crippen LogP contribution in [0.25, 0.3) is 0 Å². The van der Waals surface area contributed by atoms with Crippen molar-refractivity contribution in [2.45, 2.75) is 6.42 Å². The zero-order chi connectivity index (χ0) is 15.5. The number of hydrogen-bond acceptors (Lipinski definition) is 3. The van der Waals surface area contributed by atoms with E-state index in [-0.39, 0.29) is 23.2 Å². The average Bonchev–Trinajstić information content (AvgIpc) is 3.19. The molecule has 0 saturated heterocycles. The number of nitrogens with one attached hydrogen (secondary N) is 1. The van der Waals surface area contributed by atoms with E-state index < -0.39 is 17.8 Å². The molecule has 0 aromatic heterocycles. The third kappa shape index (κ3) is 1.58. The summed E-state index contributed by atoms with van der Waals surface area (Å²) in [6, 6.07) is 8.59. The molecule has 3 aliphatic carbocycles. The summed E-state index contributed by atoms with van der Waals surface area (Å²) in [4.78, 5) is 24.1. The average molecular weight is 294 g/mol. The minimum atomic E-state index is -0.877. The maximum atomic E-state index is 12.6. The van der Waals surface area contributed by atoms with Gasteiger partial charge in [0.15, 0.2) is 0 Å². The second-order valence-electron chi connectivity index (χ2n) is 6.38. The first kappa shape index (κ1) is 13.1. The van der Waals surface area contributed by atoms with Gasteiger partial charge in [-0.1, -0.05) is 12.2 Å². The van der Waals surface area contributed by atoms with Crippen LogP contribution >= 0.6 is 0 Å². The van der Waals surface area contributed by atoms with Crippen LogP contribution < -0.4 is 5.32 Å². The molecule has 3 aliphatic rings. The molecule has 5 nitrogen and oxygen atoms in total. The Labute approximate surface area is 127 Å². The summed E-state index contributed by atoms with van der Waals surface area (Å²) in [7, 11) is 0. The number of nitrogens with zero attached hydrogens (tertiary/aromatic N) is 1. The van der Waals surface area contributed by atoms with Crippen molar-refractivity contribution in [2.75, 3.05) is 5.32 Å². The van der Waals surface area contributed by atoms with Crippen molar-refractivity contribution >= 4 is 17.6 Å². The molecule has 2 fully saturated rings. The van der Waals surface area contributed by atoms with Crippen LogP contribution in [0.3, 0.4) is 0 Å². The summed E-state index contributed by atoms with van der Waals surface area (Å²) in [6.45, 7) is 0. The molecule has 3 unspecified atom stereocenters. The number of anilines is 1. The summed E-state index contributed by atoms with van der Waals surface area (Å²) in [5.74, 6) is -2.06. The number of allylic oxidation sites excluding steroid dienone is 2. The van der Waals surface area contributed by atoms with Gasteiger partial charge in [0, 0.05) is 5.69 Å². The Morgan fingerprint density at radius 2 is 2.00 bits per heavy atom. The quantitative estimate of drug-likeness (QED) is 0.834. The fourth-order valence-corrected chi connectivity index (χ4v) is 4.25. The van der Waals surface area contributed by atoms with Gasteiger partial charge >= 0.3 is 5.97 Å². The van der Waals surface area contributed by atoms with E-state index in [4.69, 9.17) is 5.26 Å². The van der Waals surface area contributed by atoms with E-state index in [9.17, 15) is 14.7 Å². The molecule has 4 rings (SSSR count). The van der Waals surface area contributed by atoms with Crippen LogP contribution in [0.5, 0.6) is 0 Å². The van der Waals surface area contributed by atoms with Gasteiger partial charge in [-0.3, -0.25) is 9.59 Å². The maximum absolute atomic E-state index is 12.6. The molecule has 5 atom stereocenters. The van der Waals surface area contributed by atoms with Crippen LogP contribution in [0.15, 0.2) is 36.4 Å². The van der Waals surface area contributed by atoms with Crippen LogP contribution in [0.2, 0.25) is 0 Å². The van der Waals surface area contributed by atoms with Gasteiger partial charge in [0.25, 0.3) is 0 Å². The zero-order valence-corrected chi connectivity index (χ0v) is 11.7. The second kappa shape index (κ2) is 4.20. The van der Waals surface area contributed by atoms with E-state index in [1.807, 2.05) is 12.1 Å². The largest absolute Gasteiger partial charge is 0.481 e. The Hall–Kier alpha value is -2.61. The number of rotatable bonds is 3. The van der Waals surface area contributed by atoms with E-state index in [2.05, 4.69) is 11.4 Å². The highest BCUT2D eigenvalue weighted by Gasteiger charge is 2.75. The van der Waals surface area contributed by atoms with E-state index in [0.717, 1.165) is 6.42 Å². The molecule has 2 saturated carbocycles. The first-order chi connectivity index (χ1) is 10.6. The number of amides is 1. The summed E-state index contributed by atoms with van der Waals surface area (Å²) in [5.41, 5.74) is 1.09. The van der Waals surface area contributed by atoms with Gasteiger partial charge in [-0.05, 0) is 47.9 Å². The molecule has 0 bridgehead atoms. The summed E-state index contributed by atoms with van der Waals surface area (Å²) in [5, 5.41) is 21.1. The van der Waals surface area contributed by atoms with Gasteiger partial charge < -0.3 is 10.4 Å². The van der Waals surface area contributed by atoms with Crippen molar-refractivity contribution < 1.29 is 14.7 Å². The highest BCUT2D eigenvalue weighted by Crippen LogP contribution is 2.76. The molecule has 2 N–H and O–H groups in total. The van der Waals surface area contributed by atoms with Gasteiger partial charge in [-0.25, -0.2) is 0 Å². The number of hydrogen-bond donors (Lipinski definition) is 2. The number of aliphatic carboxylic acids is 1. The summed E-state index contributed by atoms with van der Waals surface area (Å²) >= 11 is 0. The van der Waals surface area contributed by atoms with E-state index in [0.29, 0.717) is 11.3 Å². The predicted octanol–water partition coefficient (Wildman–Crippen LogP) is 2.02. The van der Waals surface area contributed by atoms with Crippen molar-refractivity contribution in [1.82, 2.24) is 0 Å². The Balaban J connectivity index is 1.55. The lowest BCUT2D eigenvalue weighted by Gasteiger charge is -2.31. The van der Waals surface area contributed by atoms with Crippen molar-refractivity contribution in [3.8, 4) is 6.07 Å². The van der Waals surface area contributed by atoms with Crippen molar-refractivity contribution in [1.29, 1.82) is 5.26 Å². The molecule has 0 heterocycles. The Kier molecular flexibility index (Phi) is 2.50. The van der Waals surface area contributed by atoms with Gasteiger partial charge in [0.2, 0.25) is 5.91 Å². The molecule has 110 valence electrons. The van der Waals surface area contributed by atoms with Gasteiger partial charge in [-0.2, -0.15) is 5.26 Å². The number of benzene rings is 1. The third-order valence-corrected chi connectivity index (χ3v) is 5.41. The summed E-state index contributed by atoms with van der Waals surface area (Å²) in [6.07, 6.45) is 4.95. The zero-order valence-electron chi connectivity index (χ0n) is 11.7. The summed E-state index contributed by atoms with van der Waals surface area (Å²) < 4.78 is 0. The topological polar surface area (TPSA) is 90.2 Å². The Morgan fingerprint density at radius 1 is 1.27 bits per heavy atom. The molecule has 5 heteroatoms. The highest BCUT2D eigenvalue weighted by atomic mass is 16.4. The minimum absolute atomic E-state index is 0.0181. The Morgan fingerprint density at radius 3 is 2.55 bits per heavy atom. The number of carbonyl (C=O) groups is 2. The number of carboxylic acids is 1. The molecule has 1 amide bonds. The normalized spacial score (nSPS) is 36.5. The Bertz CT molecular complexity index is 746. The lowest BCUT2D eigenvalue weighted by Crippen LogP contribution is -2.38. The predicted molar refractivity (Wildman–Crippen MR) is 77.6 cm³/mol. The first-order valence-corrected chi connectivity index (χ1v) is 7.30. The highest BCUT2D eigenvalue weighted by molar-refractivity contribution is 5.97. The van der Waals surface area contributed by atoms with Gasteiger partial charge in [-0.15, -0.1) is 0 Å². The molecule has 1 aromatic rings. The van der Waals surface area contributed by atoms with Crippen LogP contribution in [0.1, 0.15) is 12.0 Å². The first-order valence-electron chi connectivity index (χ1n) is 7.30.